The van der Waals surface area contributed by atoms with Crippen molar-refractivity contribution in [3.8, 4) is 23.7 Å². The number of nitro groups is 3. The highest BCUT2D eigenvalue weighted by molar-refractivity contribution is 7.89. The summed E-state index contributed by atoms with van der Waals surface area (Å²) in [5, 5.41) is 33.1. The van der Waals surface area contributed by atoms with Gasteiger partial charge in [0, 0.05) is 48.4 Å². The molecule has 0 fully saturated rings. The largest absolute Gasteiger partial charge is 0.347 e. The number of sulfonamides is 1. The maximum atomic E-state index is 12.9. The quantitative estimate of drug-likeness (QED) is 0.375. The molecule has 0 saturated heterocycles. The summed E-state index contributed by atoms with van der Waals surface area (Å²) in [6, 6.07) is 6.28. The molecule has 3 rings (SSSR count). The van der Waals surface area contributed by atoms with Crippen LogP contribution in [0.3, 0.4) is 0 Å². The summed E-state index contributed by atoms with van der Waals surface area (Å²) >= 11 is 0. The lowest BCUT2D eigenvalue weighted by Gasteiger charge is -2.19. The van der Waals surface area contributed by atoms with Gasteiger partial charge in [-0.2, -0.15) is 4.31 Å². The van der Waals surface area contributed by atoms with Crippen LogP contribution in [0.5, 0.6) is 0 Å². The summed E-state index contributed by atoms with van der Waals surface area (Å²) in [7, 11) is -4.05. The molecule has 0 saturated carbocycles. The standard InChI is InChI=1S/C19H12N4O8S/c24-21(25)16-6-8-17(9-7-16)32(30,31)20-10-2-1-4-14-12-18(22(26)27)19(23(28)29)13-15(14)5-3-11-20/h6-9,12-13H,2,10-11H2. The number of non-ortho nitro benzene ring substituents is 1. The van der Waals surface area contributed by atoms with Gasteiger partial charge in [-0.15, -0.1) is 0 Å². The number of nitrogens with zero attached hydrogens (tertiary/aromatic N) is 4. The highest BCUT2D eigenvalue weighted by atomic mass is 32.2. The van der Waals surface area contributed by atoms with Crippen molar-refractivity contribution in [3.05, 3.63) is 77.9 Å². The lowest BCUT2D eigenvalue weighted by molar-refractivity contribution is -0.422. The fourth-order valence-electron chi connectivity index (χ4n) is 2.81. The second-order valence-electron chi connectivity index (χ2n) is 6.34. The van der Waals surface area contributed by atoms with Gasteiger partial charge in [-0.05, 0) is 12.1 Å². The number of benzene rings is 2. The normalized spacial score (nSPS) is 13.5. The Morgan fingerprint density at radius 2 is 1.34 bits per heavy atom. The van der Waals surface area contributed by atoms with Crippen LogP contribution in [0.25, 0.3) is 0 Å². The van der Waals surface area contributed by atoms with Crippen LogP contribution >= 0.6 is 0 Å². The first kappa shape index (κ1) is 22.4. The molecule has 1 heterocycles. The molecule has 13 heteroatoms. The van der Waals surface area contributed by atoms with Crippen LogP contribution in [0.15, 0.2) is 41.3 Å². The summed E-state index contributed by atoms with van der Waals surface area (Å²) in [5.41, 5.74) is -1.55. The highest BCUT2D eigenvalue weighted by Gasteiger charge is 2.27. The van der Waals surface area contributed by atoms with Gasteiger partial charge in [0.2, 0.25) is 10.0 Å². The molecule has 0 aromatic heterocycles. The lowest BCUT2D eigenvalue weighted by atomic mass is 10.0. The van der Waals surface area contributed by atoms with Crippen molar-refractivity contribution in [3.63, 3.8) is 0 Å². The van der Waals surface area contributed by atoms with Crippen LogP contribution in [0, 0.1) is 54.0 Å². The Morgan fingerprint density at radius 3 is 1.84 bits per heavy atom. The van der Waals surface area contributed by atoms with Gasteiger partial charge < -0.3 is 0 Å². The molecule has 12 nitrogen and oxygen atoms in total. The van der Waals surface area contributed by atoms with E-state index in [0.717, 1.165) is 40.7 Å². The van der Waals surface area contributed by atoms with Crippen molar-refractivity contribution in [2.24, 2.45) is 0 Å². The third-order valence-corrected chi connectivity index (χ3v) is 6.24. The van der Waals surface area contributed by atoms with Gasteiger partial charge in [0.05, 0.1) is 26.2 Å². The van der Waals surface area contributed by atoms with Crippen LogP contribution in [-0.4, -0.2) is 40.6 Å². The third kappa shape index (κ3) is 4.54. The number of fused-ring (bicyclic) bond motifs is 1. The maximum absolute atomic E-state index is 12.9. The average Bonchev–Trinajstić information content (AvgIpc) is 2.75. The van der Waals surface area contributed by atoms with E-state index in [0.29, 0.717) is 0 Å². The Kier molecular flexibility index (Phi) is 6.15. The Morgan fingerprint density at radius 1 is 0.812 bits per heavy atom. The molecule has 0 amide bonds. The van der Waals surface area contributed by atoms with E-state index >= 15 is 0 Å². The first-order chi connectivity index (χ1) is 15.1. The van der Waals surface area contributed by atoms with Crippen LogP contribution in [0.1, 0.15) is 17.5 Å². The zero-order chi connectivity index (χ0) is 23.5. The van der Waals surface area contributed by atoms with Crippen LogP contribution in [0.2, 0.25) is 0 Å². The molecular formula is C19H12N4O8S. The van der Waals surface area contributed by atoms with Crippen molar-refractivity contribution in [1.29, 1.82) is 0 Å². The Hall–Kier alpha value is -4.33. The van der Waals surface area contributed by atoms with E-state index in [-0.39, 0.29) is 41.2 Å². The first-order valence-corrected chi connectivity index (χ1v) is 10.2. The third-order valence-electron chi connectivity index (χ3n) is 4.38. The fourth-order valence-corrected chi connectivity index (χ4v) is 4.15. The van der Waals surface area contributed by atoms with Gasteiger partial charge in [-0.1, -0.05) is 23.7 Å². The van der Waals surface area contributed by atoms with Crippen molar-refractivity contribution in [2.45, 2.75) is 11.3 Å². The van der Waals surface area contributed by atoms with Gasteiger partial charge in [0.1, 0.15) is 0 Å². The number of nitro benzene ring substituents is 3. The fraction of sp³-hybridized carbons (Fsp3) is 0.158. The van der Waals surface area contributed by atoms with E-state index in [1.165, 1.54) is 0 Å². The molecule has 0 spiro atoms. The minimum Gasteiger partial charge on any atom is -0.258 e. The second-order valence-corrected chi connectivity index (χ2v) is 8.28. The number of hydrogen-bond acceptors (Lipinski definition) is 8. The predicted octanol–water partition coefficient (Wildman–Crippen LogP) is 2.21. The van der Waals surface area contributed by atoms with Crippen molar-refractivity contribution >= 4 is 27.1 Å². The Balaban J connectivity index is 1.99. The number of rotatable bonds is 5. The number of hydrogen-bond donors (Lipinski definition) is 0. The smallest absolute Gasteiger partial charge is 0.258 e. The summed E-state index contributed by atoms with van der Waals surface area (Å²) in [6.45, 7) is -0.337. The van der Waals surface area contributed by atoms with Crippen molar-refractivity contribution in [1.82, 2.24) is 4.31 Å². The first-order valence-electron chi connectivity index (χ1n) is 8.80. The molecule has 0 radical (unpaired) electrons. The molecule has 1 aliphatic rings. The molecule has 0 atom stereocenters. The summed E-state index contributed by atoms with van der Waals surface area (Å²) < 4.78 is 26.9. The zero-order valence-corrected chi connectivity index (χ0v) is 16.9. The van der Waals surface area contributed by atoms with Gasteiger partial charge in [-0.3, -0.25) is 30.3 Å². The molecule has 1 aliphatic heterocycles. The topological polar surface area (TPSA) is 167 Å². The second kappa shape index (κ2) is 8.81. The molecule has 2 aromatic carbocycles. The SMILES string of the molecule is O=[N+]([O-])c1ccc(S(=O)(=O)N2CC#Cc3cc([N+](=O)[O-])c([N+](=O)[O-])cc3C#CCC2)cc1. The monoisotopic (exact) mass is 456 g/mol. The van der Waals surface area contributed by atoms with E-state index in [2.05, 4.69) is 23.7 Å². The van der Waals surface area contributed by atoms with Crippen molar-refractivity contribution < 1.29 is 23.2 Å². The van der Waals surface area contributed by atoms with E-state index in [9.17, 15) is 38.8 Å². The van der Waals surface area contributed by atoms with Gasteiger partial charge in [0.15, 0.2) is 0 Å². The molecule has 2 aromatic rings. The predicted molar refractivity (Wildman–Crippen MR) is 110 cm³/mol. The van der Waals surface area contributed by atoms with Crippen LogP contribution in [-0.2, 0) is 10.0 Å². The molecular weight excluding hydrogens is 444 g/mol. The van der Waals surface area contributed by atoms with Crippen molar-refractivity contribution in [2.75, 3.05) is 13.1 Å². The minimum absolute atomic E-state index is 0.0502. The zero-order valence-electron chi connectivity index (χ0n) is 16.0. The maximum Gasteiger partial charge on any atom is 0.347 e. The summed E-state index contributed by atoms with van der Waals surface area (Å²) in [6.07, 6.45) is 0.0537. The Bertz CT molecular complexity index is 1360. The molecule has 32 heavy (non-hydrogen) atoms. The van der Waals surface area contributed by atoms with E-state index in [4.69, 9.17) is 0 Å². The Labute approximate surface area is 181 Å². The minimum atomic E-state index is -4.05. The summed E-state index contributed by atoms with van der Waals surface area (Å²) in [4.78, 5) is 30.5. The van der Waals surface area contributed by atoms with Gasteiger partial charge in [0.25, 0.3) is 5.69 Å². The van der Waals surface area contributed by atoms with E-state index in [1.807, 2.05) is 0 Å². The average molecular weight is 456 g/mol. The molecule has 162 valence electrons. The van der Waals surface area contributed by atoms with E-state index < -0.39 is 36.2 Å². The molecule has 0 aliphatic carbocycles. The van der Waals surface area contributed by atoms with Crippen LogP contribution in [0.4, 0.5) is 17.1 Å². The van der Waals surface area contributed by atoms with Crippen LogP contribution < -0.4 is 0 Å². The summed E-state index contributed by atoms with van der Waals surface area (Å²) in [5.74, 6) is 10.6. The lowest BCUT2D eigenvalue weighted by Crippen LogP contribution is -2.32. The van der Waals surface area contributed by atoms with Gasteiger partial charge >= 0.3 is 11.4 Å². The van der Waals surface area contributed by atoms with E-state index in [1.54, 1.807) is 0 Å². The van der Waals surface area contributed by atoms with Gasteiger partial charge in [-0.25, -0.2) is 8.42 Å². The molecule has 0 bridgehead atoms. The molecule has 0 unspecified atom stereocenters. The highest BCUT2D eigenvalue weighted by Crippen LogP contribution is 2.30. The molecule has 0 N–H and O–H groups in total.